The van der Waals surface area contributed by atoms with Gasteiger partial charge < -0.3 is 24.3 Å². The van der Waals surface area contributed by atoms with Crippen molar-refractivity contribution in [1.29, 1.82) is 0 Å². The van der Waals surface area contributed by atoms with Gasteiger partial charge in [0.2, 0.25) is 6.79 Å². The quantitative estimate of drug-likeness (QED) is 0.384. The molecule has 156 valence electrons. The first-order valence-electron chi connectivity index (χ1n) is 9.10. The summed E-state index contributed by atoms with van der Waals surface area (Å²) in [6.07, 6.45) is 0. The van der Waals surface area contributed by atoms with Crippen molar-refractivity contribution in [2.24, 2.45) is 0 Å². The number of halogens is 3. The van der Waals surface area contributed by atoms with Crippen LogP contribution >= 0.6 is 39.1 Å². The van der Waals surface area contributed by atoms with Gasteiger partial charge in [0.25, 0.3) is 0 Å². The van der Waals surface area contributed by atoms with Gasteiger partial charge in [-0.15, -0.1) is 0 Å². The van der Waals surface area contributed by atoms with Crippen LogP contribution in [0.1, 0.15) is 11.1 Å². The van der Waals surface area contributed by atoms with Crippen LogP contribution in [-0.2, 0) is 13.2 Å². The molecule has 1 aliphatic heterocycles. The molecule has 0 spiro atoms. The highest BCUT2D eigenvalue weighted by molar-refractivity contribution is 9.10. The summed E-state index contributed by atoms with van der Waals surface area (Å²) in [4.78, 5) is 0. The van der Waals surface area contributed by atoms with Gasteiger partial charge in [-0.1, -0.05) is 29.3 Å². The predicted octanol–water partition coefficient (Wildman–Crippen LogP) is 6.68. The van der Waals surface area contributed by atoms with E-state index < -0.39 is 0 Å². The summed E-state index contributed by atoms with van der Waals surface area (Å²) < 4.78 is 23.1. The van der Waals surface area contributed by atoms with Gasteiger partial charge in [-0.2, -0.15) is 0 Å². The number of hydrogen-bond donors (Lipinski definition) is 1. The average Bonchev–Trinajstić information content (AvgIpc) is 3.21. The van der Waals surface area contributed by atoms with E-state index in [9.17, 15) is 0 Å². The Balaban J connectivity index is 1.45. The minimum absolute atomic E-state index is 0.257. The van der Waals surface area contributed by atoms with Crippen LogP contribution in [0.4, 0.5) is 5.69 Å². The molecule has 0 amide bonds. The Kier molecular flexibility index (Phi) is 6.46. The Morgan fingerprint density at radius 3 is 2.60 bits per heavy atom. The normalized spacial score (nSPS) is 12.0. The molecule has 8 heteroatoms. The van der Waals surface area contributed by atoms with E-state index in [0.717, 1.165) is 32.8 Å². The van der Waals surface area contributed by atoms with Crippen molar-refractivity contribution < 1.29 is 18.9 Å². The Labute approximate surface area is 192 Å². The molecule has 3 aromatic carbocycles. The summed E-state index contributed by atoms with van der Waals surface area (Å²) in [6.45, 7) is 1.19. The van der Waals surface area contributed by atoms with Gasteiger partial charge in [0, 0.05) is 18.3 Å². The summed E-state index contributed by atoms with van der Waals surface area (Å²) in [5.74, 6) is 2.75. The third-order valence-electron chi connectivity index (χ3n) is 4.53. The van der Waals surface area contributed by atoms with Crippen LogP contribution < -0.4 is 24.3 Å². The minimum Gasteiger partial charge on any atom is -0.493 e. The molecule has 1 heterocycles. The van der Waals surface area contributed by atoms with Gasteiger partial charge in [-0.3, -0.25) is 0 Å². The molecule has 5 nitrogen and oxygen atoms in total. The molecular weight excluding hydrogens is 493 g/mol. The van der Waals surface area contributed by atoms with E-state index >= 15 is 0 Å². The van der Waals surface area contributed by atoms with E-state index in [4.69, 9.17) is 42.1 Å². The largest absolute Gasteiger partial charge is 0.493 e. The number of rotatable bonds is 7. The van der Waals surface area contributed by atoms with Crippen molar-refractivity contribution in [3.8, 4) is 23.0 Å². The Hall–Kier alpha value is -2.28. The van der Waals surface area contributed by atoms with Crippen LogP contribution in [0.3, 0.4) is 0 Å². The van der Waals surface area contributed by atoms with Gasteiger partial charge in [0.05, 0.1) is 21.6 Å². The molecule has 1 aliphatic rings. The highest BCUT2D eigenvalue weighted by atomic mass is 79.9. The van der Waals surface area contributed by atoms with Crippen LogP contribution in [-0.4, -0.2) is 13.9 Å². The van der Waals surface area contributed by atoms with E-state index in [0.29, 0.717) is 34.7 Å². The van der Waals surface area contributed by atoms with E-state index in [2.05, 4.69) is 21.2 Å². The maximum atomic E-state index is 6.08. The van der Waals surface area contributed by atoms with Crippen LogP contribution in [0.5, 0.6) is 23.0 Å². The lowest BCUT2D eigenvalue weighted by Crippen LogP contribution is -2.03. The number of fused-ring (bicyclic) bond motifs is 1. The number of hydrogen-bond acceptors (Lipinski definition) is 5. The summed E-state index contributed by atoms with van der Waals surface area (Å²) in [6, 6.07) is 15.1. The number of ether oxygens (including phenoxy) is 4. The lowest BCUT2D eigenvalue weighted by atomic mass is 10.2. The van der Waals surface area contributed by atoms with Crippen LogP contribution in [0, 0.1) is 0 Å². The second-order valence-corrected chi connectivity index (χ2v) is 8.24. The molecular formula is C22H18BrCl2NO4. The second-order valence-electron chi connectivity index (χ2n) is 6.57. The van der Waals surface area contributed by atoms with E-state index in [-0.39, 0.29) is 6.79 Å². The zero-order valence-corrected chi connectivity index (χ0v) is 19.1. The van der Waals surface area contributed by atoms with Gasteiger partial charge in [0.1, 0.15) is 6.61 Å². The van der Waals surface area contributed by atoms with Crippen LogP contribution in [0.15, 0.2) is 53.0 Å². The number of anilines is 1. The molecule has 0 aliphatic carbocycles. The van der Waals surface area contributed by atoms with Gasteiger partial charge in [-0.05, 0) is 63.5 Å². The number of nitrogens with one attached hydrogen (secondary N) is 1. The first kappa shape index (κ1) is 21.0. The summed E-state index contributed by atoms with van der Waals surface area (Å²) in [7, 11) is 1.61. The fraction of sp³-hybridized carbons (Fsp3) is 0.182. The molecule has 0 fully saturated rings. The van der Waals surface area contributed by atoms with Crippen LogP contribution in [0.25, 0.3) is 0 Å². The summed E-state index contributed by atoms with van der Waals surface area (Å²) >= 11 is 15.6. The van der Waals surface area contributed by atoms with Crippen LogP contribution in [0.2, 0.25) is 10.0 Å². The van der Waals surface area contributed by atoms with Crippen molar-refractivity contribution in [3.63, 3.8) is 0 Å². The highest BCUT2D eigenvalue weighted by Gasteiger charge is 2.15. The molecule has 4 rings (SSSR count). The smallest absolute Gasteiger partial charge is 0.231 e. The average molecular weight is 511 g/mol. The van der Waals surface area contributed by atoms with Crippen molar-refractivity contribution in [1.82, 2.24) is 0 Å². The topological polar surface area (TPSA) is 49.0 Å². The Bertz CT molecular complexity index is 1080. The van der Waals surface area contributed by atoms with Crippen molar-refractivity contribution in [3.05, 3.63) is 74.2 Å². The van der Waals surface area contributed by atoms with E-state index in [1.807, 2.05) is 36.4 Å². The number of methoxy groups -OCH3 is 1. The van der Waals surface area contributed by atoms with E-state index in [1.165, 1.54) is 0 Å². The molecule has 0 aromatic heterocycles. The van der Waals surface area contributed by atoms with Crippen molar-refractivity contribution >= 4 is 44.8 Å². The molecule has 0 radical (unpaired) electrons. The minimum atomic E-state index is 0.257. The second kappa shape index (κ2) is 9.25. The molecule has 30 heavy (non-hydrogen) atoms. The first-order chi connectivity index (χ1) is 14.5. The lowest BCUT2D eigenvalue weighted by Gasteiger charge is -2.15. The van der Waals surface area contributed by atoms with Gasteiger partial charge in [-0.25, -0.2) is 0 Å². The Morgan fingerprint density at radius 2 is 1.80 bits per heavy atom. The standard InChI is InChI=1S/C22H18BrCl2NO4/c1-27-21-8-14(10-26-15-3-5-19-20(9-15)30-12-29-19)6-16(23)22(21)28-11-13-2-4-17(24)18(25)7-13/h2-9,26H,10-12H2,1H3. The third kappa shape index (κ3) is 4.72. The first-order valence-corrected chi connectivity index (χ1v) is 10.6. The predicted molar refractivity (Wildman–Crippen MR) is 121 cm³/mol. The van der Waals surface area contributed by atoms with Gasteiger partial charge in [0.15, 0.2) is 23.0 Å². The zero-order chi connectivity index (χ0) is 21.1. The molecule has 0 saturated carbocycles. The molecule has 1 N–H and O–H groups in total. The number of benzene rings is 3. The molecule has 0 unspecified atom stereocenters. The molecule has 3 aromatic rings. The zero-order valence-electron chi connectivity index (χ0n) is 16.0. The van der Waals surface area contributed by atoms with Crippen molar-refractivity contribution in [2.45, 2.75) is 13.2 Å². The summed E-state index contributed by atoms with van der Waals surface area (Å²) in [5, 5.41) is 4.38. The maximum absolute atomic E-state index is 6.08. The molecule has 0 atom stereocenters. The lowest BCUT2D eigenvalue weighted by molar-refractivity contribution is 0.174. The SMILES string of the molecule is COc1cc(CNc2ccc3c(c2)OCO3)cc(Br)c1OCc1ccc(Cl)c(Cl)c1. The fourth-order valence-electron chi connectivity index (χ4n) is 3.01. The molecule has 0 bridgehead atoms. The van der Waals surface area contributed by atoms with E-state index in [1.54, 1.807) is 19.2 Å². The fourth-order valence-corrected chi connectivity index (χ4v) is 3.94. The Morgan fingerprint density at radius 1 is 0.967 bits per heavy atom. The third-order valence-corrected chi connectivity index (χ3v) is 5.85. The highest BCUT2D eigenvalue weighted by Crippen LogP contribution is 2.38. The monoisotopic (exact) mass is 509 g/mol. The summed E-state index contributed by atoms with van der Waals surface area (Å²) in [5.41, 5.74) is 2.87. The van der Waals surface area contributed by atoms with Crippen molar-refractivity contribution in [2.75, 3.05) is 19.2 Å². The molecule has 0 saturated heterocycles. The maximum Gasteiger partial charge on any atom is 0.231 e. The van der Waals surface area contributed by atoms with Gasteiger partial charge >= 0.3 is 0 Å².